The van der Waals surface area contributed by atoms with Crippen LogP contribution in [0, 0.1) is 5.92 Å². The van der Waals surface area contributed by atoms with Gasteiger partial charge in [-0.1, -0.05) is 58.3 Å². The molecule has 11 heteroatoms. The van der Waals surface area contributed by atoms with Crippen LogP contribution in [-0.2, 0) is 4.79 Å². The van der Waals surface area contributed by atoms with Gasteiger partial charge in [0.25, 0.3) is 5.91 Å². The number of rotatable bonds is 5. The Morgan fingerprint density at radius 3 is 2.34 bits per heavy atom. The smallest absolute Gasteiger partial charge is 0.259 e. The fourth-order valence-corrected chi connectivity index (χ4v) is 6.34. The van der Waals surface area contributed by atoms with Crippen LogP contribution in [0.5, 0.6) is 0 Å². The number of thiazole rings is 1. The van der Waals surface area contributed by atoms with Gasteiger partial charge in [0.15, 0.2) is 5.13 Å². The van der Waals surface area contributed by atoms with Crippen LogP contribution in [0.3, 0.4) is 0 Å². The number of aromatic nitrogens is 1. The molecule has 0 bridgehead atoms. The van der Waals surface area contributed by atoms with Crippen LogP contribution in [0.15, 0.2) is 60.7 Å². The zero-order chi connectivity index (χ0) is 24.9. The van der Waals surface area contributed by atoms with E-state index in [9.17, 15) is 9.59 Å². The number of para-hydroxylation sites is 1. The van der Waals surface area contributed by atoms with E-state index in [2.05, 4.69) is 15.6 Å². The van der Waals surface area contributed by atoms with Crippen molar-refractivity contribution in [2.75, 3.05) is 10.6 Å². The van der Waals surface area contributed by atoms with Crippen molar-refractivity contribution in [1.29, 1.82) is 0 Å². The molecular weight excluding hydrogens is 572 g/mol. The van der Waals surface area contributed by atoms with Gasteiger partial charge in [-0.05, 0) is 54.1 Å². The lowest BCUT2D eigenvalue weighted by Crippen LogP contribution is -2.18. The van der Waals surface area contributed by atoms with E-state index in [0.29, 0.717) is 26.4 Å². The third-order valence-electron chi connectivity index (χ3n) is 5.57. The molecule has 4 aromatic rings. The molecule has 1 aliphatic rings. The van der Waals surface area contributed by atoms with Crippen molar-refractivity contribution in [3.8, 4) is 0 Å². The average molecular weight is 586 g/mol. The Kier molecular flexibility index (Phi) is 6.64. The summed E-state index contributed by atoms with van der Waals surface area (Å²) in [6.45, 7) is 0. The summed E-state index contributed by atoms with van der Waals surface area (Å²) in [5.74, 6) is -2.09. The molecule has 1 aliphatic carbocycles. The Bertz CT molecular complexity index is 1440. The number of carbonyl (C=O) groups is 2. The number of nitrogens with zero attached hydrogens (tertiary/aromatic N) is 1. The van der Waals surface area contributed by atoms with Gasteiger partial charge in [-0.2, -0.15) is 0 Å². The minimum atomic E-state index is -1.32. The number of anilines is 2. The summed E-state index contributed by atoms with van der Waals surface area (Å²) < 4.78 is -0.377. The third kappa shape index (κ3) is 4.96. The van der Waals surface area contributed by atoms with Gasteiger partial charge < -0.3 is 5.32 Å². The molecule has 0 radical (unpaired) electrons. The summed E-state index contributed by atoms with van der Waals surface area (Å²) in [5.41, 5.74) is 2.00. The highest BCUT2D eigenvalue weighted by molar-refractivity contribution is 7.22. The van der Waals surface area contributed by atoms with E-state index in [1.54, 1.807) is 24.3 Å². The molecule has 5 rings (SSSR count). The number of benzene rings is 3. The van der Waals surface area contributed by atoms with Gasteiger partial charge in [0.1, 0.15) is 4.33 Å². The van der Waals surface area contributed by atoms with Crippen LogP contribution in [0.25, 0.3) is 10.2 Å². The lowest BCUT2D eigenvalue weighted by atomic mass is 10.1. The molecule has 2 atom stereocenters. The summed E-state index contributed by atoms with van der Waals surface area (Å²) >= 11 is 32.7. The van der Waals surface area contributed by atoms with E-state index in [-0.39, 0.29) is 10.6 Å². The normalized spacial score (nSPS) is 18.3. The largest absolute Gasteiger partial charge is 0.326 e. The van der Waals surface area contributed by atoms with Crippen LogP contribution in [-0.4, -0.2) is 21.1 Å². The van der Waals surface area contributed by atoms with Gasteiger partial charge in [-0.25, -0.2) is 4.98 Å². The number of hydrogen-bond acceptors (Lipinski definition) is 4. The van der Waals surface area contributed by atoms with Gasteiger partial charge in [0.2, 0.25) is 5.91 Å². The summed E-state index contributed by atoms with van der Waals surface area (Å²) in [7, 11) is 0. The van der Waals surface area contributed by atoms with Crippen LogP contribution in [0.1, 0.15) is 21.8 Å². The summed E-state index contributed by atoms with van der Waals surface area (Å²) in [6.07, 6.45) is 0. The van der Waals surface area contributed by atoms with Crippen LogP contribution < -0.4 is 10.6 Å². The Hall–Kier alpha value is -2.06. The predicted octanol–water partition coefficient (Wildman–Crippen LogP) is 8.03. The predicted molar refractivity (Wildman–Crippen MR) is 145 cm³/mol. The van der Waals surface area contributed by atoms with E-state index in [1.165, 1.54) is 23.5 Å². The standard InChI is InChI=1S/C24H14Cl5N3O2S/c25-12-7-11(8-13(26)9-12)19-20(24(19,28)29)22(34)30-14-5-6-16(27)15(10-14)21(33)32-23-31-17-3-1-2-4-18(17)35-23/h1-10,19-20H,(H,30,34)(H,31,32,33)/t19-,20+/m0/s1. The minimum Gasteiger partial charge on any atom is -0.326 e. The third-order valence-corrected chi connectivity index (χ3v) is 8.23. The zero-order valence-corrected chi connectivity index (χ0v) is 22.1. The number of nitrogens with one attached hydrogen (secondary N) is 2. The number of carbonyl (C=O) groups excluding carboxylic acids is 2. The van der Waals surface area contributed by atoms with E-state index < -0.39 is 28.0 Å². The van der Waals surface area contributed by atoms with Crippen molar-refractivity contribution in [1.82, 2.24) is 4.98 Å². The van der Waals surface area contributed by atoms with Crippen LogP contribution >= 0.6 is 69.3 Å². The van der Waals surface area contributed by atoms with Crippen LogP contribution in [0.4, 0.5) is 10.8 Å². The lowest BCUT2D eigenvalue weighted by molar-refractivity contribution is -0.117. The van der Waals surface area contributed by atoms with Gasteiger partial charge in [-0.3, -0.25) is 14.9 Å². The number of amides is 2. The molecule has 35 heavy (non-hydrogen) atoms. The number of alkyl halides is 2. The summed E-state index contributed by atoms with van der Waals surface area (Å²) in [6, 6.07) is 17.1. The molecular formula is C24H14Cl5N3O2S. The second kappa shape index (κ2) is 9.43. The molecule has 1 saturated carbocycles. The highest BCUT2D eigenvalue weighted by Crippen LogP contribution is 2.65. The van der Waals surface area contributed by atoms with Gasteiger partial charge in [-0.15, -0.1) is 23.2 Å². The van der Waals surface area contributed by atoms with Crippen molar-refractivity contribution in [2.24, 2.45) is 5.92 Å². The van der Waals surface area contributed by atoms with Crippen molar-refractivity contribution in [2.45, 2.75) is 10.3 Å². The second-order valence-electron chi connectivity index (χ2n) is 7.96. The molecule has 2 N–H and O–H groups in total. The first-order valence-electron chi connectivity index (χ1n) is 10.2. The van der Waals surface area contributed by atoms with E-state index >= 15 is 0 Å². The van der Waals surface area contributed by atoms with Crippen molar-refractivity contribution in [3.05, 3.63) is 86.9 Å². The molecule has 2 amide bonds. The van der Waals surface area contributed by atoms with Gasteiger partial charge in [0, 0.05) is 21.7 Å². The van der Waals surface area contributed by atoms with Crippen molar-refractivity contribution in [3.63, 3.8) is 0 Å². The zero-order valence-electron chi connectivity index (χ0n) is 17.5. The van der Waals surface area contributed by atoms with Crippen LogP contribution in [0.2, 0.25) is 15.1 Å². The van der Waals surface area contributed by atoms with E-state index in [1.807, 2.05) is 24.3 Å². The maximum atomic E-state index is 13.0. The van der Waals surface area contributed by atoms with Crippen molar-refractivity contribution >= 4 is 102 Å². The molecule has 1 fully saturated rings. The molecule has 5 nitrogen and oxygen atoms in total. The fourth-order valence-electron chi connectivity index (χ4n) is 3.91. The fraction of sp³-hybridized carbons (Fsp3) is 0.125. The van der Waals surface area contributed by atoms with Gasteiger partial charge >= 0.3 is 0 Å². The molecule has 0 saturated heterocycles. The van der Waals surface area contributed by atoms with Crippen molar-refractivity contribution < 1.29 is 9.59 Å². The Labute approximate surface area is 229 Å². The molecule has 1 aromatic heterocycles. The quantitative estimate of drug-likeness (QED) is 0.233. The highest BCUT2D eigenvalue weighted by Gasteiger charge is 2.67. The monoisotopic (exact) mass is 583 g/mol. The lowest BCUT2D eigenvalue weighted by Gasteiger charge is -2.09. The first-order chi connectivity index (χ1) is 16.6. The molecule has 0 spiro atoms. The molecule has 0 aliphatic heterocycles. The first-order valence-corrected chi connectivity index (χ1v) is 13.0. The van der Waals surface area contributed by atoms with E-state index in [4.69, 9.17) is 58.0 Å². The Morgan fingerprint density at radius 2 is 1.63 bits per heavy atom. The maximum absolute atomic E-state index is 13.0. The number of hydrogen-bond donors (Lipinski definition) is 2. The van der Waals surface area contributed by atoms with E-state index in [0.717, 1.165) is 10.2 Å². The number of halogens is 5. The molecule has 3 aromatic carbocycles. The molecule has 0 unspecified atom stereocenters. The first kappa shape index (κ1) is 24.6. The molecule has 1 heterocycles. The average Bonchev–Trinajstić information content (AvgIpc) is 3.15. The SMILES string of the molecule is O=C(Nc1nc2ccccc2s1)c1cc(NC(=O)[C@H]2[C@H](c3cc(Cl)cc(Cl)c3)C2(Cl)Cl)ccc1Cl. The molecule has 178 valence electrons. The number of fused-ring (bicyclic) bond motifs is 1. The topological polar surface area (TPSA) is 71.1 Å². The maximum Gasteiger partial charge on any atom is 0.259 e. The summed E-state index contributed by atoms with van der Waals surface area (Å²) in [4.78, 5) is 30.3. The Morgan fingerprint density at radius 1 is 0.914 bits per heavy atom. The van der Waals surface area contributed by atoms with Gasteiger partial charge in [0.05, 0.1) is 26.7 Å². The second-order valence-corrected chi connectivity index (χ2v) is 11.7. The summed E-state index contributed by atoms with van der Waals surface area (Å²) in [5, 5.41) is 7.04. The highest BCUT2D eigenvalue weighted by atomic mass is 35.5. The Balaban J connectivity index is 1.33. The minimum absolute atomic E-state index is 0.181.